The van der Waals surface area contributed by atoms with Crippen molar-refractivity contribution in [3.8, 4) is 0 Å². The summed E-state index contributed by atoms with van der Waals surface area (Å²) in [6, 6.07) is 10.3. The molecule has 0 saturated carbocycles. The third-order valence-electron chi connectivity index (χ3n) is 4.44. The maximum absolute atomic E-state index is 13.3. The summed E-state index contributed by atoms with van der Waals surface area (Å²) in [5.41, 5.74) is 7.52. The van der Waals surface area contributed by atoms with Gasteiger partial charge in [0.1, 0.15) is 5.84 Å². The number of nitrogens with two attached hydrogens (primary N) is 1. The highest BCUT2D eigenvalue weighted by atomic mass is 19.4. The van der Waals surface area contributed by atoms with Gasteiger partial charge in [0.2, 0.25) is 0 Å². The van der Waals surface area contributed by atoms with Crippen LogP contribution in [0.1, 0.15) is 36.5 Å². The zero-order valence-electron chi connectivity index (χ0n) is 15.8. The molecule has 0 aliphatic carbocycles. The Bertz CT molecular complexity index is 980. The van der Waals surface area contributed by atoms with Crippen LogP contribution in [0.15, 0.2) is 53.7 Å². The van der Waals surface area contributed by atoms with E-state index in [4.69, 9.17) is 5.73 Å². The number of carbonyl (C=O) groups excluding carboxylic acids is 1. The lowest BCUT2D eigenvalue weighted by molar-refractivity contribution is -0.138. The van der Waals surface area contributed by atoms with E-state index in [0.717, 1.165) is 17.2 Å². The van der Waals surface area contributed by atoms with Crippen LogP contribution >= 0.6 is 0 Å². The summed E-state index contributed by atoms with van der Waals surface area (Å²) in [5, 5.41) is 5.10. The zero-order valence-corrected chi connectivity index (χ0v) is 15.8. The third kappa shape index (κ3) is 5.16. The molecule has 5 nitrogen and oxygen atoms in total. The van der Waals surface area contributed by atoms with Gasteiger partial charge in [-0.3, -0.25) is 0 Å². The number of aryl methyl sites for hydroxylation is 1. The lowest BCUT2D eigenvalue weighted by Crippen LogP contribution is -2.20. The number of amidine groups is 1. The van der Waals surface area contributed by atoms with E-state index in [2.05, 4.69) is 15.6 Å². The molecule has 0 aromatic heterocycles. The normalized spacial score (nSPS) is 13.7. The molecular formula is C21H21F3N4O. The molecule has 0 atom stereocenters. The Morgan fingerprint density at radius 3 is 2.48 bits per heavy atom. The van der Waals surface area contributed by atoms with E-state index in [-0.39, 0.29) is 11.3 Å². The van der Waals surface area contributed by atoms with Crippen molar-refractivity contribution in [2.24, 2.45) is 10.7 Å². The average molecular weight is 402 g/mol. The first kappa shape index (κ1) is 20.4. The van der Waals surface area contributed by atoms with Gasteiger partial charge in [-0.25, -0.2) is 9.79 Å². The molecule has 0 radical (unpaired) electrons. The van der Waals surface area contributed by atoms with E-state index in [1.807, 2.05) is 13.0 Å². The quantitative estimate of drug-likeness (QED) is 0.626. The number of alkyl halides is 3. The van der Waals surface area contributed by atoms with Gasteiger partial charge in [0.25, 0.3) is 0 Å². The van der Waals surface area contributed by atoms with Gasteiger partial charge >= 0.3 is 12.2 Å². The predicted octanol–water partition coefficient (Wildman–Crippen LogP) is 5.40. The van der Waals surface area contributed by atoms with Crippen LogP contribution in [0.2, 0.25) is 0 Å². The number of urea groups is 1. The fraction of sp³-hybridized carbons (Fsp3) is 0.238. The van der Waals surface area contributed by atoms with Crippen LogP contribution in [0, 0.1) is 0 Å². The van der Waals surface area contributed by atoms with E-state index in [0.29, 0.717) is 30.8 Å². The summed E-state index contributed by atoms with van der Waals surface area (Å²) in [6.07, 6.45) is -1.37. The van der Waals surface area contributed by atoms with Crippen molar-refractivity contribution in [1.29, 1.82) is 0 Å². The van der Waals surface area contributed by atoms with Crippen molar-refractivity contribution < 1.29 is 18.0 Å². The highest BCUT2D eigenvalue weighted by Crippen LogP contribution is 2.34. The van der Waals surface area contributed by atoms with Crippen molar-refractivity contribution in [2.75, 3.05) is 10.6 Å². The molecule has 1 aliphatic rings. The second kappa shape index (κ2) is 8.38. The van der Waals surface area contributed by atoms with E-state index < -0.39 is 17.8 Å². The number of nitrogens with zero attached hydrogens (tertiary/aromatic N) is 1. The second-order valence-corrected chi connectivity index (χ2v) is 6.73. The number of halogens is 3. The molecule has 29 heavy (non-hydrogen) atoms. The maximum atomic E-state index is 13.3. The largest absolute Gasteiger partial charge is 0.416 e. The first-order valence-electron chi connectivity index (χ1n) is 9.16. The number of nitrogens with one attached hydrogen (secondary N) is 2. The van der Waals surface area contributed by atoms with Gasteiger partial charge in [0.15, 0.2) is 0 Å². The van der Waals surface area contributed by atoms with Crippen molar-refractivity contribution in [3.63, 3.8) is 0 Å². The molecule has 0 saturated heterocycles. The minimum absolute atomic E-state index is 0.0745. The summed E-state index contributed by atoms with van der Waals surface area (Å²) in [4.78, 5) is 16.3. The topological polar surface area (TPSA) is 79.5 Å². The molecule has 2 aromatic carbocycles. The van der Waals surface area contributed by atoms with Crippen molar-refractivity contribution >= 4 is 28.8 Å². The maximum Gasteiger partial charge on any atom is 0.416 e. The first-order chi connectivity index (χ1) is 13.8. The summed E-state index contributed by atoms with van der Waals surface area (Å²) >= 11 is 0. The number of rotatable bonds is 5. The van der Waals surface area contributed by atoms with Gasteiger partial charge in [-0.1, -0.05) is 31.5 Å². The Morgan fingerprint density at radius 2 is 1.86 bits per heavy atom. The Morgan fingerprint density at radius 1 is 1.14 bits per heavy atom. The Labute approximate surface area is 166 Å². The monoisotopic (exact) mass is 402 g/mol. The molecule has 8 heteroatoms. The van der Waals surface area contributed by atoms with Gasteiger partial charge in [-0.2, -0.15) is 13.2 Å². The molecule has 0 spiro atoms. The molecule has 4 N–H and O–H groups in total. The standard InChI is InChI=1S/C21H21F3N4O/c1-2-4-13-7-8-17(11-18(13)21(22,23)24)28-20(29)27-16-6-3-5-14(9-16)15-10-19(25)26-12-15/h3,5-9,11-12H,2,4,10H2,1H3,(H2,25,26)(H2,27,28,29). The van der Waals surface area contributed by atoms with E-state index in [1.165, 1.54) is 12.1 Å². The number of aliphatic imine (C=N–C) groups is 1. The van der Waals surface area contributed by atoms with Crippen LogP contribution in [0.25, 0.3) is 5.57 Å². The van der Waals surface area contributed by atoms with Crippen LogP contribution in [-0.2, 0) is 12.6 Å². The third-order valence-corrected chi connectivity index (χ3v) is 4.44. The highest BCUT2D eigenvalue weighted by Gasteiger charge is 2.33. The second-order valence-electron chi connectivity index (χ2n) is 6.73. The van der Waals surface area contributed by atoms with Crippen LogP contribution in [0.4, 0.5) is 29.3 Å². The minimum atomic E-state index is -4.48. The molecule has 0 bridgehead atoms. The highest BCUT2D eigenvalue weighted by molar-refractivity contribution is 6.00. The molecule has 1 aliphatic heterocycles. The summed E-state index contributed by atoms with van der Waals surface area (Å²) in [5.74, 6) is 0.517. The Kier molecular flexibility index (Phi) is 5.91. The van der Waals surface area contributed by atoms with Crippen LogP contribution in [-0.4, -0.2) is 11.9 Å². The van der Waals surface area contributed by atoms with Gasteiger partial charge < -0.3 is 16.4 Å². The summed E-state index contributed by atoms with van der Waals surface area (Å²) in [6.45, 7) is 1.82. The number of anilines is 2. The smallest absolute Gasteiger partial charge is 0.387 e. The first-order valence-corrected chi connectivity index (χ1v) is 9.16. The lowest BCUT2D eigenvalue weighted by Gasteiger charge is -2.15. The van der Waals surface area contributed by atoms with E-state index in [1.54, 1.807) is 24.4 Å². The fourth-order valence-corrected chi connectivity index (χ4v) is 3.12. The predicted molar refractivity (Wildman–Crippen MR) is 109 cm³/mol. The van der Waals surface area contributed by atoms with E-state index >= 15 is 0 Å². The minimum Gasteiger partial charge on any atom is -0.387 e. The fourth-order valence-electron chi connectivity index (χ4n) is 3.12. The number of amides is 2. The molecular weight excluding hydrogens is 381 g/mol. The average Bonchev–Trinajstić information content (AvgIpc) is 3.09. The SMILES string of the molecule is CCCc1ccc(NC(=O)Nc2cccc(C3=CN=C(N)C3)c2)cc1C(F)(F)F. The summed E-state index contributed by atoms with van der Waals surface area (Å²) in [7, 11) is 0. The van der Waals surface area contributed by atoms with Gasteiger partial charge in [0, 0.05) is 24.0 Å². The van der Waals surface area contributed by atoms with Crippen LogP contribution < -0.4 is 16.4 Å². The van der Waals surface area contributed by atoms with Crippen LogP contribution in [0.5, 0.6) is 0 Å². The molecule has 3 rings (SSSR count). The van der Waals surface area contributed by atoms with Gasteiger partial charge in [-0.05, 0) is 47.4 Å². The molecule has 152 valence electrons. The number of hydrogen-bond donors (Lipinski definition) is 3. The van der Waals surface area contributed by atoms with Crippen LogP contribution in [0.3, 0.4) is 0 Å². The van der Waals surface area contributed by atoms with Gasteiger partial charge in [-0.15, -0.1) is 0 Å². The zero-order chi connectivity index (χ0) is 21.0. The molecule has 0 unspecified atom stereocenters. The number of hydrogen-bond acceptors (Lipinski definition) is 3. The molecule has 2 amide bonds. The Hall–Kier alpha value is -3.29. The van der Waals surface area contributed by atoms with Gasteiger partial charge in [0.05, 0.1) is 5.56 Å². The molecule has 0 fully saturated rings. The number of benzene rings is 2. The summed E-state index contributed by atoms with van der Waals surface area (Å²) < 4.78 is 39.9. The molecule has 1 heterocycles. The van der Waals surface area contributed by atoms with Crippen molar-refractivity contribution in [2.45, 2.75) is 32.4 Å². The molecule has 2 aromatic rings. The van der Waals surface area contributed by atoms with E-state index in [9.17, 15) is 18.0 Å². The van der Waals surface area contributed by atoms with Crippen molar-refractivity contribution in [3.05, 3.63) is 65.4 Å². The van der Waals surface area contributed by atoms with Crippen molar-refractivity contribution in [1.82, 2.24) is 0 Å². The number of carbonyl (C=O) groups is 1. The Balaban J connectivity index is 1.71. The lowest BCUT2D eigenvalue weighted by atomic mass is 10.0.